The third-order valence-corrected chi connectivity index (χ3v) is 7.20. The van der Waals surface area contributed by atoms with E-state index in [1.165, 1.54) is 16.4 Å². The van der Waals surface area contributed by atoms with Crippen molar-refractivity contribution < 1.29 is 18.3 Å². The molecule has 1 saturated heterocycles. The van der Waals surface area contributed by atoms with E-state index in [2.05, 4.69) is 4.90 Å². The third kappa shape index (κ3) is 5.07. The molecule has 152 valence electrons. The van der Waals surface area contributed by atoms with E-state index < -0.39 is 10.0 Å². The van der Waals surface area contributed by atoms with Crippen LogP contribution in [0, 0.1) is 0 Å². The van der Waals surface area contributed by atoms with Gasteiger partial charge in [-0.3, -0.25) is 4.79 Å². The lowest BCUT2D eigenvalue weighted by Gasteiger charge is -2.35. The van der Waals surface area contributed by atoms with Crippen LogP contribution in [0.15, 0.2) is 29.2 Å². The van der Waals surface area contributed by atoms with E-state index in [9.17, 15) is 13.2 Å². The molecule has 0 atom stereocenters. The van der Waals surface area contributed by atoms with Gasteiger partial charge < -0.3 is 14.9 Å². The van der Waals surface area contributed by atoms with Crippen molar-refractivity contribution in [1.82, 2.24) is 14.1 Å². The topological polar surface area (TPSA) is 81.2 Å². The number of aliphatic hydroxyl groups excluding tert-OH is 1. The van der Waals surface area contributed by atoms with Crippen LogP contribution in [0.2, 0.25) is 0 Å². The van der Waals surface area contributed by atoms with Crippen molar-refractivity contribution in [1.29, 1.82) is 0 Å². The van der Waals surface area contributed by atoms with E-state index in [4.69, 9.17) is 5.11 Å². The Hall–Kier alpha value is -1.48. The second kappa shape index (κ2) is 9.64. The van der Waals surface area contributed by atoms with E-state index in [1.807, 2.05) is 20.9 Å². The van der Waals surface area contributed by atoms with E-state index in [-0.39, 0.29) is 23.5 Å². The zero-order valence-electron chi connectivity index (χ0n) is 16.5. The number of carbonyl (C=O) groups excluding carboxylic acids is 1. The summed E-state index contributed by atoms with van der Waals surface area (Å²) in [5.41, 5.74) is 0.502. The molecule has 27 heavy (non-hydrogen) atoms. The van der Waals surface area contributed by atoms with Gasteiger partial charge in [-0.1, -0.05) is 0 Å². The Morgan fingerprint density at radius 1 is 1.15 bits per heavy atom. The first-order chi connectivity index (χ1) is 12.8. The fraction of sp³-hybridized carbons (Fsp3) is 0.632. The van der Waals surface area contributed by atoms with Crippen LogP contribution in [0.3, 0.4) is 0 Å². The SMILES string of the molecule is CCN(CC)C(=O)c1ccc(S(=O)(=O)N2CCC(N(C)CCO)CC2)cc1. The Morgan fingerprint density at radius 2 is 1.70 bits per heavy atom. The molecule has 0 saturated carbocycles. The average Bonchev–Trinajstić information content (AvgIpc) is 2.69. The minimum atomic E-state index is -3.56. The van der Waals surface area contributed by atoms with Crippen molar-refractivity contribution in [2.45, 2.75) is 37.6 Å². The second-order valence-electron chi connectivity index (χ2n) is 6.84. The number of carbonyl (C=O) groups is 1. The molecule has 1 aromatic carbocycles. The Balaban J connectivity index is 2.06. The molecule has 1 N–H and O–H groups in total. The first-order valence-electron chi connectivity index (χ1n) is 9.55. The summed E-state index contributed by atoms with van der Waals surface area (Å²) in [5, 5.41) is 9.05. The van der Waals surface area contributed by atoms with E-state index in [0.717, 1.165) is 12.8 Å². The zero-order valence-corrected chi connectivity index (χ0v) is 17.3. The largest absolute Gasteiger partial charge is 0.395 e. The normalized spacial score (nSPS) is 16.6. The van der Waals surface area contributed by atoms with Crippen molar-refractivity contribution in [3.8, 4) is 0 Å². The molecule has 1 amide bonds. The van der Waals surface area contributed by atoms with Crippen LogP contribution in [-0.4, -0.2) is 86.0 Å². The van der Waals surface area contributed by atoms with E-state index in [0.29, 0.717) is 38.3 Å². The Labute approximate surface area is 162 Å². The van der Waals surface area contributed by atoms with Gasteiger partial charge in [-0.25, -0.2) is 8.42 Å². The van der Waals surface area contributed by atoms with Gasteiger partial charge >= 0.3 is 0 Å². The molecule has 1 aliphatic rings. The lowest BCUT2D eigenvalue weighted by atomic mass is 10.1. The summed E-state index contributed by atoms with van der Waals surface area (Å²) in [7, 11) is -1.60. The highest BCUT2D eigenvalue weighted by molar-refractivity contribution is 7.89. The summed E-state index contributed by atoms with van der Waals surface area (Å²) in [6.45, 7) is 6.70. The molecule has 1 heterocycles. The van der Waals surface area contributed by atoms with Crippen LogP contribution >= 0.6 is 0 Å². The van der Waals surface area contributed by atoms with Crippen molar-refractivity contribution >= 4 is 15.9 Å². The van der Waals surface area contributed by atoms with Crippen LogP contribution in [0.25, 0.3) is 0 Å². The van der Waals surface area contributed by atoms with E-state index >= 15 is 0 Å². The molecule has 0 unspecified atom stereocenters. The fourth-order valence-electron chi connectivity index (χ4n) is 3.48. The summed E-state index contributed by atoms with van der Waals surface area (Å²) in [6.07, 6.45) is 1.49. The molecule has 0 bridgehead atoms. The van der Waals surface area contributed by atoms with Crippen LogP contribution in [0.1, 0.15) is 37.0 Å². The number of aliphatic hydroxyl groups is 1. The summed E-state index contributed by atoms with van der Waals surface area (Å²) in [5.74, 6) is -0.0864. The van der Waals surface area contributed by atoms with Gasteiger partial charge in [0, 0.05) is 44.3 Å². The Kier molecular flexibility index (Phi) is 7.79. The summed E-state index contributed by atoms with van der Waals surface area (Å²) < 4.78 is 27.3. The standard InChI is InChI=1S/C19H31N3O4S/c1-4-21(5-2)19(24)16-6-8-18(9-7-16)27(25,26)22-12-10-17(11-13-22)20(3)14-15-23/h6-9,17,23H,4-5,10-15H2,1-3H3. The van der Waals surface area contributed by atoms with Crippen molar-refractivity contribution in [2.24, 2.45) is 0 Å². The highest BCUT2D eigenvalue weighted by atomic mass is 32.2. The van der Waals surface area contributed by atoms with Gasteiger partial charge in [-0.05, 0) is 58.0 Å². The predicted molar refractivity (Wildman–Crippen MR) is 105 cm³/mol. The van der Waals surface area contributed by atoms with Gasteiger partial charge in [0.05, 0.1) is 11.5 Å². The molecule has 2 rings (SSSR count). The number of amides is 1. The van der Waals surface area contributed by atoms with Gasteiger partial charge in [-0.15, -0.1) is 0 Å². The summed E-state index contributed by atoms with van der Waals surface area (Å²) >= 11 is 0. The molecule has 0 spiro atoms. The predicted octanol–water partition coefficient (Wildman–Crippen LogP) is 1.25. The van der Waals surface area contributed by atoms with Gasteiger partial charge in [0.1, 0.15) is 0 Å². The van der Waals surface area contributed by atoms with Crippen LogP contribution in [0.5, 0.6) is 0 Å². The molecule has 1 aromatic rings. The minimum absolute atomic E-state index is 0.0864. The van der Waals surface area contributed by atoms with Crippen LogP contribution < -0.4 is 0 Å². The molecule has 0 radical (unpaired) electrons. The highest BCUT2D eigenvalue weighted by Crippen LogP contribution is 2.23. The number of likely N-dealkylation sites (N-methyl/N-ethyl adjacent to an activating group) is 1. The molecule has 8 heteroatoms. The van der Waals surface area contributed by atoms with E-state index in [1.54, 1.807) is 17.0 Å². The lowest BCUT2D eigenvalue weighted by Crippen LogP contribution is -2.46. The zero-order chi connectivity index (χ0) is 20.0. The summed E-state index contributed by atoms with van der Waals surface area (Å²) in [6, 6.07) is 6.52. The molecule has 7 nitrogen and oxygen atoms in total. The smallest absolute Gasteiger partial charge is 0.253 e. The van der Waals surface area contributed by atoms with Gasteiger partial charge in [0.15, 0.2) is 0 Å². The minimum Gasteiger partial charge on any atom is -0.395 e. The molecule has 0 aliphatic carbocycles. The number of sulfonamides is 1. The maximum absolute atomic E-state index is 12.9. The summed E-state index contributed by atoms with van der Waals surface area (Å²) in [4.78, 5) is 16.4. The Bertz CT molecular complexity index is 709. The third-order valence-electron chi connectivity index (χ3n) is 5.29. The second-order valence-corrected chi connectivity index (χ2v) is 8.78. The first kappa shape index (κ1) is 21.8. The van der Waals surface area contributed by atoms with Crippen LogP contribution in [-0.2, 0) is 10.0 Å². The molecule has 0 aromatic heterocycles. The number of benzene rings is 1. The quantitative estimate of drug-likeness (QED) is 0.714. The van der Waals surface area contributed by atoms with Gasteiger partial charge in [0.25, 0.3) is 5.91 Å². The van der Waals surface area contributed by atoms with Gasteiger partial charge in [0.2, 0.25) is 10.0 Å². The number of rotatable bonds is 8. The van der Waals surface area contributed by atoms with Crippen molar-refractivity contribution in [3.05, 3.63) is 29.8 Å². The molecular formula is C19H31N3O4S. The van der Waals surface area contributed by atoms with Gasteiger partial charge in [-0.2, -0.15) is 4.31 Å². The lowest BCUT2D eigenvalue weighted by molar-refractivity contribution is 0.0773. The molecule has 1 aliphatic heterocycles. The maximum Gasteiger partial charge on any atom is 0.253 e. The number of piperidine rings is 1. The number of hydrogen-bond acceptors (Lipinski definition) is 5. The average molecular weight is 398 g/mol. The molecule has 1 fully saturated rings. The first-order valence-corrected chi connectivity index (χ1v) is 11.0. The number of hydrogen-bond donors (Lipinski definition) is 1. The monoisotopic (exact) mass is 397 g/mol. The Morgan fingerprint density at radius 3 is 2.19 bits per heavy atom. The number of nitrogens with zero attached hydrogens (tertiary/aromatic N) is 3. The highest BCUT2D eigenvalue weighted by Gasteiger charge is 2.30. The van der Waals surface area contributed by atoms with Crippen molar-refractivity contribution in [3.63, 3.8) is 0 Å². The van der Waals surface area contributed by atoms with Crippen molar-refractivity contribution in [2.75, 3.05) is 46.4 Å². The van der Waals surface area contributed by atoms with Crippen LogP contribution in [0.4, 0.5) is 0 Å². The molecular weight excluding hydrogens is 366 g/mol. The maximum atomic E-state index is 12.9. The fourth-order valence-corrected chi connectivity index (χ4v) is 4.95.